The van der Waals surface area contributed by atoms with Crippen LogP contribution in [-0.2, 0) is 0 Å². The Morgan fingerprint density at radius 3 is 0.477 bits per heavy atom. The van der Waals surface area contributed by atoms with E-state index in [1.54, 1.807) is 109 Å². The third kappa shape index (κ3) is 24.4. The van der Waals surface area contributed by atoms with Crippen molar-refractivity contribution in [1.29, 1.82) is 0 Å². The van der Waals surface area contributed by atoms with E-state index in [4.69, 9.17) is 30.6 Å². The molecule has 9 aromatic carbocycles. The number of hydrogen-bond donors (Lipinski definition) is 6. The molecule has 21 nitrogen and oxygen atoms in total. The van der Waals surface area contributed by atoms with Crippen molar-refractivity contribution in [2.75, 3.05) is 0 Å². The van der Waals surface area contributed by atoms with Gasteiger partial charge in [-0.15, -0.1) is 17.2 Å². The van der Waals surface area contributed by atoms with Crippen LogP contribution in [-0.4, -0.2) is 116 Å². The summed E-state index contributed by atoms with van der Waals surface area (Å²) >= 11 is 0. The smallest absolute Gasteiger partial charge is 0.872 e. The number of fused-ring (bicyclic) bond motifs is 6. The van der Waals surface area contributed by atoms with Crippen LogP contribution in [0.1, 0.15) is 113 Å². The van der Waals surface area contributed by atoms with Crippen LogP contribution in [0, 0.1) is 62.3 Å². The summed E-state index contributed by atoms with van der Waals surface area (Å²) < 4.78 is 0. The fraction of sp³-hybridized carbons (Fsp3) is 0.103. The van der Waals surface area contributed by atoms with E-state index in [1.165, 1.54) is 0 Å². The molecular formula is C87H75GaN6O15. The maximum atomic E-state index is 10.9. The van der Waals surface area contributed by atoms with Gasteiger partial charge in [-0.05, 0) is 135 Å². The molecule has 546 valence electrons. The number of aryl methyl sites for hydroxylation is 9. The minimum absolute atomic E-state index is 0. The Morgan fingerprint density at radius 1 is 0.211 bits per heavy atom. The Morgan fingerprint density at radius 2 is 0.358 bits per heavy atom. The second kappa shape index (κ2) is 40.5. The predicted octanol–water partition coefficient (Wildman–Crippen LogP) is 16.3. The van der Waals surface area contributed by atoms with E-state index in [9.17, 15) is 44.1 Å². The van der Waals surface area contributed by atoms with Gasteiger partial charge in [0.25, 0.3) is 0 Å². The summed E-state index contributed by atoms with van der Waals surface area (Å²) in [4.78, 5) is 90.6. The van der Waals surface area contributed by atoms with Crippen LogP contribution in [0.5, 0.6) is 17.2 Å². The molecule has 6 heterocycles. The van der Waals surface area contributed by atoms with E-state index in [0.717, 1.165) is 83.2 Å². The predicted molar refractivity (Wildman–Crippen MR) is 418 cm³/mol. The minimum Gasteiger partial charge on any atom is -0.872 e. The zero-order chi connectivity index (χ0) is 78.7. The van der Waals surface area contributed by atoms with Crippen LogP contribution in [0.25, 0.3) is 65.4 Å². The third-order valence-electron chi connectivity index (χ3n) is 15.8. The van der Waals surface area contributed by atoms with E-state index >= 15 is 0 Å². The van der Waals surface area contributed by atoms with Crippen molar-refractivity contribution >= 4 is 121 Å². The number of carboxylic acid groups (broad SMARTS) is 6. The van der Waals surface area contributed by atoms with E-state index in [2.05, 4.69) is 29.9 Å². The molecule has 0 spiro atoms. The van der Waals surface area contributed by atoms with Gasteiger partial charge in [-0.25, -0.2) is 28.8 Å². The molecule has 22 heteroatoms. The topological polar surface area (TPSA) is 370 Å². The molecule has 109 heavy (non-hydrogen) atoms. The normalized spacial score (nSPS) is 9.99. The SMILES string of the molecule is Cc1ccc2cccc(C(=O)O)c2n1.Cc1ccc2cccc(C(=O)O)c2n1.Cc1ccc2cccc(C(=O)O)c2n1.Cc1ccc2cccc(C(=O)O)c2n1.Cc1ccc2cccc(C(=O)O)c2n1.Cc1ccc2cccc(C(=O)O)c2n1.Cc1ccccc1[O-].Cc1ccccc1[O-].Cc1ccccc1[O-].[Ga+3]. The van der Waals surface area contributed by atoms with Crippen LogP contribution in [0.3, 0.4) is 0 Å². The van der Waals surface area contributed by atoms with Crippen LogP contribution >= 0.6 is 0 Å². The van der Waals surface area contributed by atoms with Crippen molar-refractivity contribution in [3.8, 4) is 17.2 Å². The maximum absolute atomic E-state index is 10.9. The van der Waals surface area contributed by atoms with Crippen molar-refractivity contribution in [2.45, 2.75) is 62.3 Å². The van der Waals surface area contributed by atoms with Gasteiger partial charge in [0.2, 0.25) is 0 Å². The molecule has 15 rings (SSSR count). The standard InChI is InChI=1S/6C11H9NO2.3C7H8O.Ga/c6*1-7-5-6-8-3-2-4-9(11(13)14)10(8)12-7;3*1-6-4-2-3-5-7(6)8;/h6*2-6H,1H3,(H,13,14);3*2-5,8H,1H3;/q;;;;;;;;;+3/p-3. The molecule has 0 unspecified atom stereocenters. The van der Waals surface area contributed by atoms with Gasteiger partial charge in [0.1, 0.15) is 0 Å². The van der Waals surface area contributed by atoms with E-state index in [0.29, 0.717) is 33.1 Å². The molecule has 0 aliphatic heterocycles. The first-order valence-electron chi connectivity index (χ1n) is 33.3. The third-order valence-corrected chi connectivity index (χ3v) is 15.8. The minimum atomic E-state index is -0.936. The molecule has 0 saturated carbocycles. The number of pyridine rings is 6. The van der Waals surface area contributed by atoms with Crippen molar-refractivity contribution in [2.24, 2.45) is 0 Å². The Balaban J connectivity index is 0.000000193. The van der Waals surface area contributed by atoms with Crippen molar-refractivity contribution in [3.05, 3.63) is 339 Å². The summed E-state index contributed by atoms with van der Waals surface area (Å²) in [6, 6.07) is 74.3. The zero-order valence-corrected chi connectivity index (χ0v) is 63.3. The summed E-state index contributed by atoms with van der Waals surface area (Å²) in [6.45, 7) is 16.5. The first-order valence-corrected chi connectivity index (χ1v) is 33.3. The van der Waals surface area contributed by atoms with E-state index < -0.39 is 35.8 Å². The fourth-order valence-corrected chi connectivity index (χ4v) is 10.2. The molecule has 0 amide bonds. The van der Waals surface area contributed by atoms with Gasteiger partial charge in [-0.3, -0.25) is 29.9 Å². The summed E-state index contributed by atoms with van der Waals surface area (Å²) in [5.74, 6) is -5.26. The molecule has 0 atom stereocenters. The van der Waals surface area contributed by atoms with Crippen molar-refractivity contribution in [3.63, 3.8) is 0 Å². The number of aromatic carboxylic acids is 6. The van der Waals surface area contributed by atoms with Gasteiger partial charge in [0.15, 0.2) is 0 Å². The van der Waals surface area contributed by atoms with Gasteiger partial charge < -0.3 is 46.0 Å². The number of nitrogens with zero attached hydrogens (tertiary/aromatic N) is 6. The number of rotatable bonds is 6. The summed E-state index contributed by atoms with van der Waals surface area (Å²) in [7, 11) is 0. The zero-order valence-electron chi connectivity index (χ0n) is 60.9. The first kappa shape index (κ1) is 84.2. The Labute approximate surface area is 640 Å². The molecule has 15 aromatic rings. The van der Waals surface area contributed by atoms with Gasteiger partial charge in [-0.1, -0.05) is 199 Å². The number of carbonyl (C=O) groups is 6. The van der Waals surface area contributed by atoms with Gasteiger partial charge >= 0.3 is 55.6 Å². The van der Waals surface area contributed by atoms with E-state index in [1.807, 2.05) is 208 Å². The monoisotopic (exact) mass is 1510 g/mol. The fourth-order valence-electron chi connectivity index (χ4n) is 10.2. The molecule has 0 bridgehead atoms. The summed E-state index contributed by atoms with van der Waals surface area (Å²) in [6.07, 6.45) is 0. The van der Waals surface area contributed by atoms with Crippen molar-refractivity contribution < 1.29 is 74.7 Å². The Hall–Kier alpha value is -13.7. The number of aromatic nitrogens is 6. The average molecular weight is 1510 g/mol. The molecule has 0 saturated heterocycles. The van der Waals surface area contributed by atoms with Crippen LogP contribution in [0.4, 0.5) is 0 Å². The second-order valence-corrected chi connectivity index (χ2v) is 24.1. The van der Waals surface area contributed by atoms with Gasteiger partial charge in [0.05, 0.1) is 66.5 Å². The molecule has 6 aromatic heterocycles. The van der Waals surface area contributed by atoms with E-state index in [-0.39, 0.29) is 70.4 Å². The van der Waals surface area contributed by atoms with Crippen LogP contribution in [0.2, 0.25) is 0 Å². The number of carboxylic acids is 6. The molecule has 0 radical (unpaired) electrons. The van der Waals surface area contributed by atoms with Gasteiger partial charge in [-0.2, -0.15) is 0 Å². The molecular weight excluding hydrogens is 1440 g/mol. The Bertz CT molecular complexity index is 4850. The van der Waals surface area contributed by atoms with Crippen LogP contribution < -0.4 is 15.3 Å². The molecule has 6 N–H and O–H groups in total. The number of hydrogen-bond acceptors (Lipinski definition) is 15. The molecule has 0 fully saturated rings. The number of para-hydroxylation sites is 9. The average Bonchev–Trinajstić information content (AvgIpc) is 0.847. The van der Waals surface area contributed by atoms with Gasteiger partial charge in [0, 0.05) is 66.5 Å². The quantitative estimate of drug-likeness (QED) is 0.0842. The first-order chi connectivity index (χ1) is 51.5. The largest absolute Gasteiger partial charge is 3.00 e. The maximum Gasteiger partial charge on any atom is 3.00 e. The summed E-state index contributed by atoms with van der Waals surface area (Å²) in [5.41, 5.74) is 12.3. The summed E-state index contributed by atoms with van der Waals surface area (Å²) in [5, 5.41) is 90.6. The Kier molecular flexibility index (Phi) is 31.3. The van der Waals surface area contributed by atoms with Crippen LogP contribution in [0.15, 0.2) is 255 Å². The molecule has 0 aliphatic carbocycles. The molecule has 0 aliphatic rings. The number of benzene rings is 9. The van der Waals surface area contributed by atoms with Crippen molar-refractivity contribution in [1.82, 2.24) is 29.9 Å². The second-order valence-electron chi connectivity index (χ2n) is 24.1.